The van der Waals surface area contributed by atoms with Crippen LogP contribution in [-0.2, 0) is 6.42 Å². The SMILES string of the molecule is O=C(c1cccnc1)N1CCC(Cc2nnc(-c3ccccc3)o2)C1. The molecule has 1 aromatic carbocycles. The van der Waals surface area contributed by atoms with Crippen molar-refractivity contribution in [1.82, 2.24) is 20.1 Å². The number of hydrogen-bond donors (Lipinski definition) is 0. The number of carbonyl (C=O) groups excluding carboxylic acids is 1. The first kappa shape index (κ1) is 15.5. The van der Waals surface area contributed by atoms with Crippen LogP contribution in [0.15, 0.2) is 59.3 Å². The van der Waals surface area contributed by atoms with Gasteiger partial charge in [0.25, 0.3) is 5.91 Å². The van der Waals surface area contributed by atoms with Crippen LogP contribution in [0.1, 0.15) is 22.7 Å². The van der Waals surface area contributed by atoms with E-state index in [2.05, 4.69) is 15.2 Å². The van der Waals surface area contributed by atoms with E-state index < -0.39 is 0 Å². The van der Waals surface area contributed by atoms with E-state index in [1.165, 1.54) is 0 Å². The number of nitrogens with zero attached hydrogens (tertiary/aromatic N) is 4. The van der Waals surface area contributed by atoms with Crippen molar-refractivity contribution in [3.63, 3.8) is 0 Å². The van der Waals surface area contributed by atoms with Gasteiger partial charge < -0.3 is 9.32 Å². The molecule has 1 unspecified atom stereocenters. The second kappa shape index (κ2) is 6.84. The van der Waals surface area contributed by atoms with Gasteiger partial charge in [0.1, 0.15) is 0 Å². The summed E-state index contributed by atoms with van der Waals surface area (Å²) in [4.78, 5) is 18.4. The van der Waals surface area contributed by atoms with Gasteiger partial charge in [0, 0.05) is 37.5 Å². The minimum Gasteiger partial charge on any atom is -0.421 e. The summed E-state index contributed by atoms with van der Waals surface area (Å²) < 4.78 is 5.78. The van der Waals surface area contributed by atoms with Gasteiger partial charge in [0.05, 0.1) is 5.56 Å². The second-order valence-corrected chi connectivity index (χ2v) is 6.22. The number of aromatic nitrogens is 3. The molecule has 1 amide bonds. The molecule has 3 aromatic rings. The van der Waals surface area contributed by atoms with Crippen LogP contribution in [0.2, 0.25) is 0 Å². The zero-order valence-corrected chi connectivity index (χ0v) is 13.7. The Morgan fingerprint density at radius 3 is 2.84 bits per heavy atom. The Balaban J connectivity index is 1.39. The molecular formula is C19H18N4O2. The molecule has 1 saturated heterocycles. The average molecular weight is 334 g/mol. The Labute approximate surface area is 145 Å². The first-order chi connectivity index (χ1) is 12.3. The molecular weight excluding hydrogens is 316 g/mol. The Hall–Kier alpha value is -3.02. The Morgan fingerprint density at radius 1 is 1.16 bits per heavy atom. The highest BCUT2D eigenvalue weighted by Crippen LogP contribution is 2.24. The summed E-state index contributed by atoms with van der Waals surface area (Å²) in [6.07, 6.45) is 4.91. The third-order valence-electron chi connectivity index (χ3n) is 4.43. The monoisotopic (exact) mass is 334 g/mol. The number of likely N-dealkylation sites (tertiary alicyclic amines) is 1. The standard InChI is InChI=1S/C19H18N4O2/c24-19(16-7-4-9-20-12-16)23-10-8-14(13-23)11-17-21-22-18(25-17)15-5-2-1-3-6-15/h1-7,9,12,14H,8,10-11,13H2. The predicted octanol–water partition coefficient (Wildman–Crippen LogP) is 2.84. The van der Waals surface area contributed by atoms with E-state index in [1.807, 2.05) is 35.2 Å². The molecule has 0 radical (unpaired) electrons. The van der Waals surface area contributed by atoms with E-state index in [4.69, 9.17) is 4.42 Å². The fourth-order valence-corrected chi connectivity index (χ4v) is 3.14. The molecule has 2 aromatic heterocycles. The number of hydrogen-bond acceptors (Lipinski definition) is 5. The lowest BCUT2D eigenvalue weighted by atomic mass is 10.1. The van der Waals surface area contributed by atoms with Gasteiger partial charge in [-0.05, 0) is 36.6 Å². The van der Waals surface area contributed by atoms with Gasteiger partial charge in [0.2, 0.25) is 11.8 Å². The summed E-state index contributed by atoms with van der Waals surface area (Å²) in [6, 6.07) is 13.3. The molecule has 6 heteroatoms. The van der Waals surface area contributed by atoms with Crippen molar-refractivity contribution in [2.24, 2.45) is 5.92 Å². The van der Waals surface area contributed by atoms with Crippen LogP contribution >= 0.6 is 0 Å². The molecule has 0 N–H and O–H groups in total. The van der Waals surface area contributed by atoms with Crippen LogP contribution in [0.5, 0.6) is 0 Å². The summed E-state index contributed by atoms with van der Waals surface area (Å²) in [5.74, 6) is 1.53. The zero-order chi connectivity index (χ0) is 17.1. The van der Waals surface area contributed by atoms with Crippen LogP contribution < -0.4 is 0 Å². The van der Waals surface area contributed by atoms with Crippen molar-refractivity contribution >= 4 is 5.91 Å². The summed E-state index contributed by atoms with van der Waals surface area (Å²) in [5, 5.41) is 8.28. The highest BCUT2D eigenvalue weighted by Gasteiger charge is 2.28. The third-order valence-corrected chi connectivity index (χ3v) is 4.43. The molecule has 0 aliphatic carbocycles. The van der Waals surface area contributed by atoms with Crippen LogP contribution in [0.4, 0.5) is 0 Å². The van der Waals surface area contributed by atoms with E-state index in [-0.39, 0.29) is 5.91 Å². The van der Waals surface area contributed by atoms with Crippen molar-refractivity contribution in [1.29, 1.82) is 0 Å². The molecule has 6 nitrogen and oxygen atoms in total. The number of carbonyl (C=O) groups is 1. The quantitative estimate of drug-likeness (QED) is 0.733. The lowest BCUT2D eigenvalue weighted by molar-refractivity contribution is 0.0786. The molecule has 4 rings (SSSR count). The average Bonchev–Trinajstić information content (AvgIpc) is 3.33. The maximum Gasteiger partial charge on any atom is 0.255 e. The zero-order valence-electron chi connectivity index (χ0n) is 13.7. The number of pyridine rings is 1. The largest absolute Gasteiger partial charge is 0.421 e. The van der Waals surface area contributed by atoms with E-state index >= 15 is 0 Å². The highest BCUT2D eigenvalue weighted by molar-refractivity contribution is 5.94. The molecule has 0 bridgehead atoms. The van der Waals surface area contributed by atoms with Gasteiger partial charge in [-0.3, -0.25) is 9.78 Å². The van der Waals surface area contributed by atoms with Crippen molar-refractivity contribution in [2.75, 3.05) is 13.1 Å². The smallest absolute Gasteiger partial charge is 0.255 e. The Morgan fingerprint density at radius 2 is 2.04 bits per heavy atom. The fourth-order valence-electron chi connectivity index (χ4n) is 3.14. The highest BCUT2D eigenvalue weighted by atomic mass is 16.4. The van der Waals surface area contributed by atoms with Gasteiger partial charge in [-0.15, -0.1) is 10.2 Å². The molecule has 1 fully saturated rings. The van der Waals surface area contributed by atoms with Gasteiger partial charge in [-0.2, -0.15) is 0 Å². The maximum absolute atomic E-state index is 12.5. The first-order valence-corrected chi connectivity index (χ1v) is 8.37. The third kappa shape index (κ3) is 3.42. The van der Waals surface area contributed by atoms with Gasteiger partial charge in [-0.1, -0.05) is 18.2 Å². The lowest BCUT2D eigenvalue weighted by Gasteiger charge is -2.15. The Kier molecular flexibility index (Phi) is 4.24. The molecule has 126 valence electrons. The minimum absolute atomic E-state index is 0.0334. The van der Waals surface area contributed by atoms with Gasteiger partial charge in [0.15, 0.2) is 0 Å². The van der Waals surface area contributed by atoms with Gasteiger partial charge >= 0.3 is 0 Å². The Bertz CT molecular complexity index is 848. The molecule has 3 heterocycles. The van der Waals surface area contributed by atoms with Crippen molar-refractivity contribution < 1.29 is 9.21 Å². The number of amides is 1. The van der Waals surface area contributed by atoms with E-state index in [0.717, 1.165) is 18.5 Å². The summed E-state index contributed by atoms with van der Waals surface area (Å²) in [7, 11) is 0. The molecule has 1 aliphatic heterocycles. The van der Waals surface area contributed by atoms with E-state index in [9.17, 15) is 4.79 Å². The number of benzene rings is 1. The topological polar surface area (TPSA) is 72.1 Å². The fraction of sp³-hybridized carbons (Fsp3) is 0.263. The molecule has 0 spiro atoms. The molecule has 0 saturated carbocycles. The molecule has 25 heavy (non-hydrogen) atoms. The number of rotatable bonds is 4. The van der Waals surface area contributed by atoms with Crippen molar-refractivity contribution in [3.05, 3.63) is 66.3 Å². The van der Waals surface area contributed by atoms with Crippen LogP contribution in [0, 0.1) is 5.92 Å². The lowest BCUT2D eigenvalue weighted by Crippen LogP contribution is -2.29. The molecule has 1 atom stereocenters. The molecule has 1 aliphatic rings. The maximum atomic E-state index is 12.5. The first-order valence-electron chi connectivity index (χ1n) is 8.37. The van der Waals surface area contributed by atoms with Gasteiger partial charge in [-0.25, -0.2) is 0 Å². The predicted molar refractivity (Wildman–Crippen MR) is 91.7 cm³/mol. The summed E-state index contributed by atoms with van der Waals surface area (Å²) in [6.45, 7) is 1.45. The summed E-state index contributed by atoms with van der Waals surface area (Å²) in [5.41, 5.74) is 1.55. The van der Waals surface area contributed by atoms with Crippen molar-refractivity contribution in [2.45, 2.75) is 12.8 Å². The van der Waals surface area contributed by atoms with Crippen LogP contribution in [0.3, 0.4) is 0 Å². The van der Waals surface area contributed by atoms with Crippen molar-refractivity contribution in [3.8, 4) is 11.5 Å². The summed E-state index contributed by atoms with van der Waals surface area (Å²) >= 11 is 0. The van der Waals surface area contributed by atoms with E-state index in [0.29, 0.717) is 36.2 Å². The van der Waals surface area contributed by atoms with Crippen LogP contribution in [0.25, 0.3) is 11.5 Å². The van der Waals surface area contributed by atoms with E-state index in [1.54, 1.807) is 24.5 Å². The normalized spacial score (nSPS) is 17.0. The van der Waals surface area contributed by atoms with Crippen LogP contribution in [-0.4, -0.2) is 39.1 Å². The minimum atomic E-state index is 0.0334. The second-order valence-electron chi connectivity index (χ2n) is 6.22.